The Kier molecular flexibility index (Phi) is 2.11. The molecule has 1 saturated heterocycles. The number of hydrogen-bond donors (Lipinski definition) is 1. The van der Waals surface area contributed by atoms with Crippen molar-refractivity contribution in [2.45, 2.75) is 19.4 Å². The maximum atomic E-state index is 9.56. The molecule has 0 radical (unpaired) electrons. The number of aromatic nitrogens is 2. The highest BCUT2D eigenvalue weighted by molar-refractivity contribution is 5.57. The van der Waals surface area contributed by atoms with Gasteiger partial charge in [-0.25, -0.2) is 4.98 Å². The predicted molar refractivity (Wildman–Crippen MR) is 62.8 cm³/mol. The number of aliphatic hydroxyl groups excluding tert-OH is 1. The number of imidazole rings is 1. The van der Waals surface area contributed by atoms with Crippen molar-refractivity contribution < 1.29 is 5.11 Å². The van der Waals surface area contributed by atoms with E-state index in [1.807, 2.05) is 18.5 Å². The standard InChI is InChI=1S/C12H15N3O/c1-9-11(14-6-4-10(16)8-14)2-3-12-13-5-7-15(9)12/h2-3,5,7,10,16H,4,6,8H2,1H3/t10-/m1/s1. The van der Waals surface area contributed by atoms with Crippen LogP contribution in [0.1, 0.15) is 12.1 Å². The lowest BCUT2D eigenvalue weighted by atomic mass is 10.3. The third-order valence-corrected chi connectivity index (χ3v) is 3.30. The summed E-state index contributed by atoms with van der Waals surface area (Å²) in [4.78, 5) is 6.49. The van der Waals surface area contributed by atoms with Crippen molar-refractivity contribution in [1.82, 2.24) is 9.38 Å². The van der Waals surface area contributed by atoms with Gasteiger partial charge in [-0.15, -0.1) is 0 Å². The molecule has 0 aliphatic carbocycles. The maximum absolute atomic E-state index is 9.56. The smallest absolute Gasteiger partial charge is 0.136 e. The molecule has 1 atom stereocenters. The molecule has 4 heteroatoms. The van der Waals surface area contributed by atoms with Gasteiger partial charge in [0.15, 0.2) is 0 Å². The minimum atomic E-state index is -0.183. The van der Waals surface area contributed by atoms with Gasteiger partial charge in [-0.2, -0.15) is 0 Å². The third kappa shape index (κ3) is 1.38. The van der Waals surface area contributed by atoms with Crippen LogP contribution in [0.5, 0.6) is 0 Å². The first-order valence-electron chi connectivity index (χ1n) is 5.61. The van der Waals surface area contributed by atoms with Gasteiger partial charge in [0, 0.05) is 31.2 Å². The zero-order chi connectivity index (χ0) is 11.1. The number of β-amino-alcohol motifs (C(OH)–C–C–N with tert-alkyl or cyclic N) is 1. The molecule has 2 aromatic heterocycles. The number of anilines is 1. The van der Waals surface area contributed by atoms with Gasteiger partial charge in [0.2, 0.25) is 0 Å². The van der Waals surface area contributed by atoms with E-state index in [1.165, 1.54) is 11.4 Å². The highest BCUT2D eigenvalue weighted by Crippen LogP contribution is 2.24. The van der Waals surface area contributed by atoms with E-state index in [2.05, 4.69) is 27.3 Å². The normalized spacial score (nSPS) is 20.9. The first-order valence-corrected chi connectivity index (χ1v) is 5.61. The molecule has 3 rings (SSSR count). The lowest BCUT2D eigenvalue weighted by molar-refractivity contribution is 0.198. The molecule has 0 saturated carbocycles. The van der Waals surface area contributed by atoms with E-state index in [9.17, 15) is 5.11 Å². The maximum Gasteiger partial charge on any atom is 0.136 e. The van der Waals surface area contributed by atoms with Gasteiger partial charge in [0.25, 0.3) is 0 Å². The lowest BCUT2D eigenvalue weighted by Gasteiger charge is -2.20. The summed E-state index contributed by atoms with van der Waals surface area (Å²) in [5, 5.41) is 9.56. The molecule has 1 fully saturated rings. The molecule has 0 bridgehead atoms. The quantitative estimate of drug-likeness (QED) is 0.780. The van der Waals surface area contributed by atoms with E-state index in [0.29, 0.717) is 0 Å². The fourth-order valence-corrected chi connectivity index (χ4v) is 2.41. The lowest BCUT2D eigenvalue weighted by Crippen LogP contribution is -2.22. The van der Waals surface area contributed by atoms with Gasteiger partial charge >= 0.3 is 0 Å². The number of aryl methyl sites for hydroxylation is 1. The summed E-state index contributed by atoms with van der Waals surface area (Å²) < 4.78 is 2.08. The summed E-state index contributed by atoms with van der Waals surface area (Å²) in [5.74, 6) is 0. The Hall–Kier alpha value is -1.55. The SMILES string of the molecule is Cc1c(N2CC[C@@H](O)C2)ccc2nccn12. The molecular weight excluding hydrogens is 202 g/mol. The molecule has 4 nitrogen and oxygen atoms in total. The van der Waals surface area contributed by atoms with E-state index in [4.69, 9.17) is 0 Å². The van der Waals surface area contributed by atoms with Crippen LogP contribution in [-0.4, -0.2) is 33.7 Å². The summed E-state index contributed by atoms with van der Waals surface area (Å²) in [6.45, 7) is 3.76. The van der Waals surface area contributed by atoms with Gasteiger partial charge in [-0.3, -0.25) is 0 Å². The molecule has 2 aromatic rings. The second-order valence-electron chi connectivity index (χ2n) is 4.35. The monoisotopic (exact) mass is 217 g/mol. The van der Waals surface area contributed by atoms with Crippen LogP contribution in [0.3, 0.4) is 0 Å². The second kappa shape index (κ2) is 3.49. The van der Waals surface area contributed by atoms with Crippen LogP contribution in [0.15, 0.2) is 24.5 Å². The summed E-state index contributed by atoms with van der Waals surface area (Å²) in [7, 11) is 0. The Balaban J connectivity index is 2.06. The van der Waals surface area contributed by atoms with Crippen LogP contribution in [0, 0.1) is 6.92 Å². The first kappa shape index (κ1) is 9.66. The molecule has 1 aliphatic heterocycles. The van der Waals surface area contributed by atoms with Crippen LogP contribution in [0.2, 0.25) is 0 Å². The molecule has 0 aromatic carbocycles. The molecule has 84 valence electrons. The van der Waals surface area contributed by atoms with Crippen molar-refractivity contribution in [1.29, 1.82) is 0 Å². The number of fused-ring (bicyclic) bond motifs is 1. The zero-order valence-electron chi connectivity index (χ0n) is 9.30. The number of pyridine rings is 1. The summed E-state index contributed by atoms with van der Waals surface area (Å²) in [6.07, 6.45) is 4.46. The second-order valence-corrected chi connectivity index (χ2v) is 4.35. The first-order chi connectivity index (χ1) is 7.75. The molecule has 1 aliphatic rings. The number of rotatable bonds is 1. The van der Waals surface area contributed by atoms with Crippen molar-refractivity contribution in [3.63, 3.8) is 0 Å². The molecule has 0 amide bonds. The van der Waals surface area contributed by atoms with Gasteiger partial charge in [-0.1, -0.05) is 0 Å². The molecule has 1 N–H and O–H groups in total. The van der Waals surface area contributed by atoms with E-state index < -0.39 is 0 Å². The fourth-order valence-electron chi connectivity index (χ4n) is 2.41. The third-order valence-electron chi connectivity index (χ3n) is 3.30. The summed E-state index contributed by atoms with van der Waals surface area (Å²) in [5.41, 5.74) is 3.35. The fraction of sp³-hybridized carbons (Fsp3) is 0.417. The van der Waals surface area contributed by atoms with E-state index in [-0.39, 0.29) is 6.10 Å². The Labute approximate surface area is 94.1 Å². The topological polar surface area (TPSA) is 40.8 Å². The average Bonchev–Trinajstić information content (AvgIpc) is 2.87. The van der Waals surface area contributed by atoms with Crippen molar-refractivity contribution in [3.05, 3.63) is 30.2 Å². The van der Waals surface area contributed by atoms with Crippen molar-refractivity contribution in [3.8, 4) is 0 Å². The van der Waals surface area contributed by atoms with Crippen LogP contribution in [0.25, 0.3) is 5.65 Å². The van der Waals surface area contributed by atoms with Crippen molar-refractivity contribution in [2.24, 2.45) is 0 Å². The molecule has 3 heterocycles. The Morgan fingerprint density at radius 1 is 1.44 bits per heavy atom. The van der Waals surface area contributed by atoms with E-state index in [1.54, 1.807) is 0 Å². The average molecular weight is 217 g/mol. The van der Waals surface area contributed by atoms with Crippen LogP contribution >= 0.6 is 0 Å². The van der Waals surface area contributed by atoms with Gasteiger partial charge in [-0.05, 0) is 25.5 Å². The van der Waals surface area contributed by atoms with Crippen LogP contribution < -0.4 is 4.90 Å². The zero-order valence-corrected chi connectivity index (χ0v) is 9.30. The van der Waals surface area contributed by atoms with Gasteiger partial charge < -0.3 is 14.4 Å². The van der Waals surface area contributed by atoms with Crippen molar-refractivity contribution >= 4 is 11.3 Å². The number of hydrogen-bond acceptors (Lipinski definition) is 3. The van der Waals surface area contributed by atoms with Crippen LogP contribution in [-0.2, 0) is 0 Å². The highest BCUT2D eigenvalue weighted by atomic mass is 16.3. The Morgan fingerprint density at radius 3 is 3.06 bits per heavy atom. The predicted octanol–water partition coefficient (Wildman–Crippen LogP) is 1.21. The van der Waals surface area contributed by atoms with Gasteiger partial charge in [0.1, 0.15) is 5.65 Å². The Bertz CT molecular complexity index is 520. The molecule has 0 spiro atoms. The molecule has 16 heavy (non-hydrogen) atoms. The minimum Gasteiger partial charge on any atom is -0.391 e. The largest absolute Gasteiger partial charge is 0.391 e. The van der Waals surface area contributed by atoms with E-state index in [0.717, 1.165) is 25.2 Å². The number of aliphatic hydroxyl groups is 1. The van der Waals surface area contributed by atoms with Crippen molar-refractivity contribution in [2.75, 3.05) is 18.0 Å². The highest BCUT2D eigenvalue weighted by Gasteiger charge is 2.22. The Morgan fingerprint density at radius 2 is 2.31 bits per heavy atom. The molecule has 0 unspecified atom stereocenters. The summed E-state index contributed by atoms with van der Waals surface area (Å²) >= 11 is 0. The molecular formula is C12H15N3O. The van der Waals surface area contributed by atoms with Gasteiger partial charge in [0.05, 0.1) is 11.8 Å². The van der Waals surface area contributed by atoms with E-state index >= 15 is 0 Å². The summed E-state index contributed by atoms with van der Waals surface area (Å²) in [6, 6.07) is 4.11. The van der Waals surface area contributed by atoms with Crippen LogP contribution in [0.4, 0.5) is 5.69 Å². The number of nitrogens with zero attached hydrogens (tertiary/aromatic N) is 3. The minimum absolute atomic E-state index is 0.183.